The van der Waals surface area contributed by atoms with E-state index in [-0.39, 0.29) is 25.2 Å². The molecule has 0 unspecified atom stereocenters. The summed E-state index contributed by atoms with van der Waals surface area (Å²) in [6.45, 7) is 10.3. The predicted molar refractivity (Wildman–Crippen MR) is 163 cm³/mol. The van der Waals surface area contributed by atoms with Crippen molar-refractivity contribution in [2.24, 2.45) is 0 Å². The van der Waals surface area contributed by atoms with Crippen LogP contribution in [0.3, 0.4) is 0 Å². The van der Waals surface area contributed by atoms with Crippen LogP contribution in [-0.4, -0.2) is 87.6 Å². The van der Waals surface area contributed by atoms with Gasteiger partial charge in [-0.15, -0.1) is 0 Å². The Labute approximate surface area is 256 Å². The van der Waals surface area contributed by atoms with Gasteiger partial charge in [0.2, 0.25) is 5.88 Å². The summed E-state index contributed by atoms with van der Waals surface area (Å²) >= 11 is 0. The van der Waals surface area contributed by atoms with Crippen LogP contribution >= 0.6 is 0 Å². The summed E-state index contributed by atoms with van der Waals surface area (Å²) in [5.41, 5.74) is 2.04. The average Bonchev–Trinajstić information content (AvgIpc) is 3.41. The number of rotatable bonds is 10. The molecule has 11 nitrogen and oxygen atoms in total. The zero-order valence-electron chi connectivity index (χ0n) is 26.0. The summed E-state index contributed by atoms with van der Waals surface area (Å²) in [6.07, 6.45) is 5.88. The maximum atomic E-state index is 14.2. The van der Waals surface area contributed by atoms with Gasteiger partial charge in [0.15, 0.2) is 5.65 Å². The van der Waals surface area contributed by atoms with Crippen LogP contribution in [-0.2, 0) is 22.4 Å². The van der Waals surface area contributed by atoms with Gasteiger partial charge >= 0.3 is 6.09 Å². The van der Waals surface area contributed by atoms with Crippen molar-refractivity contribution >= 4 is 23.4 Å². The van der Waals surface area contributed by atoms with Gasteiger partial charge in [-0.05, 0) is 52.0 Å². The number of carbonyl (C=O) groups excluding carboxylic acids is 1. The van der Waals surface area contributed by atoms with Crippen LogP contribution in [0.5, 0.6) is 5.88 Å². The van der Waals surface area contributed by atoms with E-state index in [1.54, 1.807) is 32.8 Å². The van der Waals surface area contributed by atoms with E-state index in [2.05, 4.69) is 15.4 Å². The van der Waals surface area contributed by atoms with Gasteiger partial charge in [0.25, 0.3) is 5.92 Å². The third-order valence-electron chi connectivity index (χ3n) is 7.68. The summed E-state index contributed by atoms with van der Waals surface area (Å²) in [5.74, 6) is -1.03. The number of anilines is 2. The van der Waals surface area contributed by atoms with Crippen LogP contribution in [0.15, 0.2) is 30.6 Å². The molecule has 0 aliphatic carbocycles. The van der Waals surface area contributed by atoms with Gasteiger partial charge in [0, 0.05) is 56.5 Å². The Morgan fingerprint density at radius 1 is 1.14 bits per heavy atom. The van der Waals surface area contributed by atoms with Crippen LogP contribution in [0, 0.1) is 0 Å². The molecule has 1 N–H and O–H groups in total. The van der Waals surface area contributed by atoms with Crippen LogP contribution in [0.25, 0.3) is 5.65 Å². The first-order chi connectivity index (χ1) is 21.0. The molecular weight excluding hydrogens is 572 g/mol. The minimum absolute atomic E-state index is 0.0773. The Morgan fingerprint density at radius 2 is 1.93 bits per heavy atom. The standard InChI is InChI=1S/C31H43F2N7O4/c1-5-23-20-36-40-25(17-26(37-28(23)40)39-12-6-11-31(32,33)21-39)34-18-22-7-8-27(35-19-22)43-16-15-42-24-9-13-38(14-10-24)29(41)44-30(2,3)4/h7-8,17,19-20,24,34H,5-6,9-16,18,21H2,1-4H3. The monoisotopic (exact) mass is 615 g/mol. The highest BCUT2D eigenvalue weighted by Gasteiger charge is 2.36. The number of amides is 1. The highest BCUT2D eigenvalue weighted by Crippen LogP contribution is 2.31. The lowest BCUT2D eigenvalue weighted by Gasteiger charge is -2.33. The van der Waals surface area contributed by atoms with Gasteiger partial charge in [0.05, 0.1) is 25.5 Å². The van der Waals surface area contributed by atoms with E-state index in [0.717, 1.165) is 30.4 Å². The number of carbonyl (C=O) groups is 1. The normalized spacial score (nSPS) is 17.6. The highest BCUT2D eigenvalue weighted by molar-refractivity contribution is 5.68. The van der Waals surface area contributed by atoms with E-state index in [9.17, 15) is 13.6 Å². The molecule has 2 fully saturated rings. The van der Waals surface area contributed by atoms with Crippen LogP contribution < -0.4 is 15.0 Å². The molecule has 3 aromatic rings. The number of piperidine rings is 2. The fourth-order valence-electron chi connectivity index (χ4n) is 5.38. The third-order valence-corrected chi connectivity index (χ3v) is 7.68. The van der Waals surface area contributed by atoms with Crippen LogP contribution in [0.4, 0.5) is 25.2 Å². The molecule has 240 valence electrons. The third kappa shape index (κ3) is 8.25. The largest absolute Gasteiger partial charge is 0.475 e. The second-order valence-corrected chi connectivity index (χ2v) is 12.4. The first-order valence-corrected chi connectivity index (χ1v) is 15.4. The minimum atomic E-state index is -2.73. The topological polar surface area (TPSA) is 106 Å². The smallest absolute Gasteiger partial charge is 0.410 e. The van der Waals surface area contributed by atoms with Crippen molar-refractivity contribution in [1.82, 2.24) is 24.5 Å². The number of hydrogen-bond acceptors (Lipinski definition) is 9. The Kier molecular flexibility index (Phi) is 9.72. The molecule has 2 aliphatic heterocycles. The summed E-state index contributed by atoms with van der Waals surface area (Å²) < 4.78 is 47.2. The van der Waals surface area contributed by atoms with E-state index in [0.29, 0.717) is 69.0 Å². The van der Waals surface area contributed by atoms with Crippen molar-refractivity contribution in [3.05, 3.63) is 41.7 Å². The van der Waals surface area contributed by atoms with Gasteiger partial charge in [-0.3, -0.25) is 0 Å². The number of fused-ring (bicyclic) bond motifs is 1. The molecule has 44 heavy (non-hydrogen) atoms. The van der Waals surface area contributed by atoms with Crippen molar-refractivity contribution < 1.29 is 27.8 Å². The molecule has 0 spiro atoms. The maximum absolute atomic E-state index is 14.2. The summed E-state index contributed by atoms with van der Waals surface area (Å²) in [7, 11) is 0. The van der Waals surface area contributed by atoms with Gasteiger partial charge in [-0.2, -0.15) is 9.61 Å². The van der Waals surface area contributed by atoms with Crippen molar-refractivity contribution in [2.75, 3.05) is 49.6 Å². The molecule has 5 rings (SSSR count). The number of hydrogen-bond donors (Lipinski definition) is 1. The van der Waals surface area contributed by atoms with E-state index < -0.39 is 11.5 Å². The molecule has 0 atom stereocenters. The van der Waals surface area contributed by atoms with Crippen molar-refractivity contribution in [3.8, 4) is 5.88 Å². The maximum Gasteiger partial charge on any atom is 0.410 e. The van der Waals surface area contributed by atoms with Crippen molar-refractivity contribution in [2.45, 2.75) is 84.0 Å². The van der Waals surface area contributed by atoms with Gasteiger partial charge < -0.3 is 29.3 Å². The average molecular weight is 616 g/mol. The number of alkyl halides is 2. The first-order valence-electron chi connectivity index (χ1n) is 15.4. The number of aryl methyl sites for hydroxylation is 1. The predicted octanol–water partition coefficient (Wildman–Crippen LogP) is 5.33. The molecule has 0 radical (unpaired) electrons. The lowest BCUT2D eigenvalue weighted by molar-refractivity contribution is -0.0180. The summed E-state index contributed by atoms with van der Waals surface area (Å²) in [6, 6.07) is 5.52. The molecule has 13 heteroatoms. The molecule has 2 aliphatic rings. The second-order valence-electron chi connectivity index (χ2n) is 12.4. The minimum Gasteiger partial charge on any atom is -0.475 e. The Bertz CT molecular complexity index is 1400. The van der Waals surface area contributed by atoms with E-state index in [4.69, 9.17) is 19.2 Å². The first kappa shape index (κ1) is 31.7. The number of ether oxygens (including phenoxy) is 3. The summed E-state index contributed by atoms with van der Waals surface area (Å²) in [5, 5.41) is 7.87. The fraction of sp³-hybridized carbons (Fsp3) is 0.613. The molecule has 3 aromatic heterocycles. The lowest BCUT2D eigenvalue weighted by atomic mass is 10.1. The van der Waals surface area contributed by atoms with Gasteiger partial charge in [-0.1, -0.05) is 13.0 Å². The highest BCUT2D eigenvalue weighted by atomic mass is 19.3. The number of nitrogens with zero attached hydrogens (tertiary/aromatic N) is 6. The molecule has 2 saturated heterocycles. The zero-order valence-corrected chi connectivity index (χ0v) is 26.0. The van der Waals surface area contributed by atoms with Crippen molar-refractivity contribution in [3.63, 3.8) is 0 Å². The SMILES string of the molecule is CCc1cnn2c(NCc3ccc(OCCOC4CCN(C(=O)OC(C)(C)C)CC4)nc3)cc(N3CCCC(F)(F)C3)nc12. The van der Waals surface area contributed by atoms with E-state index >= 15 is 0 Å². The number of pyridine rings is 1. The van der Waals surface area contributed by atoms with Crippen molar-refractivity contribution in [1.29, 1.82) is 0 Å². The van der Waals surface area contributed by atoms with Crippen LogP contribution in [0.1, 0.15) is 64.5 Å². The lowest BCUT2D eigenvalue weighted by Crippen LogP contribution is -2.43. The Balaban J connectivity index is 1.10. The Hall–Kier alpha value is -3.74. The van der Waals surface area contributed by atoms with Gasteiger partial charge in [0.1, 0.15) is 23.8 Å². The number of likely N-dealkylation sites (tertiary alicyclic amines) is 1. The Morgan fingerprint density at radius 3 is 2.61 bits per heavy atom. The van der Waals surface area contributed by atoms with Gasteiger partial charge in [-0.25, -0.2) is 23.5 Å². The quantitative estimate of drug-likeness (QED) is 0.303. The number of nitrogens with one attached hydrogen (secondary N) is 1. The van der Waals surface area contributed by atoms with Crippen LogP contribution in [0.2, 0.25) is 0 Å². The zero-order chi connectivity index (χ0) is 31.3. The molecule has 0 bridgehead atoms. The molecular formula is C31H43F2N7O4. The fourth-order valence-corrected chi connectivity index (χ4v) is 5.38. The van der Waals surface area contributed by atoms with E-state index in [1.165, 1.54) is 0 Å². The molecule has 0 saturated carbocycles. The number of aromatic nitrogens is 4. The number of halogens is 2. The molecule has 5 heterocycles. The summed E-state index contributed by atoms with van der Waals surface area (Å²) in [4.78, 5) is 24.7. The second kappa shape index (κ2) is 13.5. The molecule has 1 amide bonds. The van der Waals surface area contributed by atoms with E-state index in [1.807, 2.05) is 39.8 Å². The molecule has 0 aromatic carbocycles.